The third kappa shape index (κ3) is 3.91. The first-order valence-corrected chi connectivity index (χ1v) is 12.4. The highest BCUT2D eigenvalue weighted by molar-refractivity contribution is 6.30. The van der Waals surface area contributed by atoms with Crippen molar-refractivity contribution in [1.82, 2.24) is 5.32 Å². The summed E-state index contributed by atoms with van der Waals surface area (Å²) in [6.07, 6.45) is 9.31. The lowest BCUT2D eigenvalue weighted by Crippen LogP contribution is -2.60. The molecular formula is C28H36ClNO. The highest BCUT2D eigenvalue weighted by Gasteiger charge is 2.59. The van der Waals surface area contributed by atoms with Crippen LogP contribution < -0.4 is 10.1 Å². The summed E-state index contributed by atoms with van der Waals surface area (Å²) >= 11 is 6.22. The second-order valence-corrected chi connectivity index (χ2v) is 11.4. The van der Waals surface area contributed by atoms with E-state index in [4.69, 9.17) is 16.3 Å². The third-order valence-electron chi connectivity index (χ3n) is 8.73. The first kappa shape index (κ1) is 21.3. The highest BCUT2D eigenvalue weighted by atomic mass is 35.5. The normalized spacial score (nSPS) is 33.3. The molecule has 3 heteroatoms. The van der Waals surface area contributed by atoms with E-state index < -0.39 is 0 Å². The molecule has 2 nitrogen and oxygen atoms in total. The van der Waals surface area contributed by atoms with Crippen LogP contribution in [0.3, 0.4) is 0 Å². The second-order valence-electron chi connectivity index (χ2n) is 10.9. The number of ether oxygens (including phenoxy) is 1. The fourth-order valence-corrected chi connectivity index (χ4v) is 7.97. The molecule has 2 aromatic rings. The number of halogens is 1. The van der Waals surface area contributed by atoms with Crippen molar-refractivity contribution in [1.29, 1.82) is 0 Å². The Bertz CT molecular complexity index is 909. The molecule has 0 saturated heterocycles. The van der Waals surface area contributed by atoms with Gasteiger partial charge in [0, 0.05) is 17.1 Å². The zero-order chi connectivity index (χ0) is 21.6. The molecule has 0 aromatic heterocycles. The molecule has 4 bridgehead atoms. The summed E-state index contributed by atoms with van der Waals surface area (Å²) in [5.74, 6) is 2.76. The van der Waals surface area contributed by atoms with Crippen molar-refractivity contribution < 1.29 is 4.74 Å². The molecule has 4 aliphatic rings. The van der Waals surface area contributed by atoms with Gasteiger partial charge >= 0.3 is 0 Å². The Kier molecular flexibility index (Phi) is 5.59. The summed E-state index contributed by atoms with van der Waals surface area (Å²) < 4.78 is 5.58. The molecular weight excluding hydrogens is 402 g/mol. The molecule has 0 heterocycles. The lowest BCUT2D eigenvalue weighted by atomic mass is 9.41. The Morgan fingerprint density at radius 3 is 2.35 bits per heavy atom. The van der Waals surface area contributed by atoms with Gasteiger partial charge in [0.25, 0.3) is 0 Å². The maximum atomic E-state index is 6.22. The zero-order valence-corrected chi connectivity index (χ0v) is 19.9. The van der Waals surface area contributed by atoms with Crippen molar-refractivity contribution in [2.24, 2.45) is 17.3 Å². The van der Waals surface area contributed by atoms with E-state index in [0.29, 0.717) is 22.9 Å². The molecule has 0 radical (unpaired) electrons. The van der Waals surface area contributed by atoms with Gasteiger partial charge in [0.2, 0.25) is 0 Å². The lowest BCUT2D eigenvalue weighted by molar-refractivity contribution is -0.0893. The van der Waals surface area contributed by atoms with Gasteiger partial charge < -0.3 is 10.1 Å². The predicted octanol–water partition coefficient (Wildman–Crippen LogP) is 6.80. The minimum absolute atomic E-state index is 0.358. The SMILES string of the molecule is COc1ccccc1CC(C)NC(C)C12CC3CC(CC(c4ccc(Cl)cc4)(C3)C1)C2. The molecule has 6 rings (SSSR count). The Morgan fingerprint density at radius 1 is 1.00 bits per heavy atom. The summed E-state index contributed by atoms with van der Waals surface area (Å²) in [6, 6.07) is 18.2. The van der Waals surface area contributed by atoms with Crippen molar-refractivity contribution in [3.05, 3.63) is 64.7 Å². The van der Waals surface area contributed by atoms with Gasteiger partial charge in [0.05, 0.1) is 7.11 Å². The molecule has 31 heavy (non-hydrogen) atoms. The maximum absolute atomic E-state index is 6.22. The monoisotopic (exact) mass is 437 g/mol. The maximum Gasteiger partial charge on any atom is 0.122 e. The van der Waals surface area contributed by atoms with Crippen LogP contribution in [0.1, 0.15) is 63.5 Å². The largest absolute Gasteiger partial charge is 0.496 e. The van der Waals surface area contributed by atoms with E-state index in [-0.39, 0.29) is 0 Å². The molecule has 4 aliphatic carbocycles. The topological polar surface area (TPSA) is 21.3 Å². The smallest absolute Gasteiger partial charge is 0.122 e. The van der Waals surface area contributed by atoms with Crippen molar-refractivity contribution in [3.8, 4) is 5.75 Å². The number of rotatable bonds is 7. The van der Waals surface area contributed by atoms with E-state index in [1.165, 1.54) is 49.7 Å². The molecule has 4 atom stereocenters. The number of hydrogen-bond donors (Lipinski definition) is 1. The van der Waals surface area contributed by atoms with Crippen LogP contribution in [-0.2, 0) is 11.8 Å². The molecule has 0 amide bonds. The lowest BCUT2D eigenvalue weighted by Gasteiger charge is -2.64. The van der Waals surface area contributed by atoms with Crippen LogP contribution in [0.25, 0.3) is 0 Å². The molecule has 4 fully saturated rings. The standard InChI is InChI=1S/C28H36ClNO/c1-19(12-23-6-4-5-7-26(23)31-3)30-20(2)27-14-21-13-22(15-27)17-28(16-21,18-27)24-8-10-25(29)11-9-24/h4-11,19-22,30H,12-18H2,1-3H3. The van der Waals surface area contributed by atoms with Gasteiger partial charge in [-0.2, -0.15) is 0 Å². The molecule has 2 aromatic carbocycles. The average Bonchev–Trinajstić information content (AvgIpc) is 2.73. The van der Waals surface area contributed by atoms with Crippen molar-refractivity contribution >= 4 is 11.6 Å². The third-order valence-corrected chi connectivity index (χ3v) is 8.99. The van der Waals surface area contributed by atoms with E-state index in [9.17, 15) is 0 Å². The van der Waals surface area contributed by atoms with Gasteiger partial charge in [0.1, 0.15) is 5.75 Å². The molecule has 0 spiro atoms. The second kappa shape index (κ2) is 8.12. The van der Waals surface area contributed by atoms with Crippen LogP contribution in [0, 0.1) is 17.3 Å². The molecule has 4 saturated carbocycles. The van der Waals surface area contributed by atoms with Gasteiger partial charge in [-0.3, -0.25) is 0 Å². The van der Waals surface area contributed by atoms with Gasteiger partial charge in [-0.05, 0) is 111 Å². The Balaban J connectivity index is 1.35. The van der Waals surface area contributed by atoms with Crippen LogP contribution in [0.4, 0.5) is 0 Å². The van der Waals surface area contributed by atoms with Crippen molar-refractivity contribution in [2.75, 3.05) is 7.11 Å². The highest BCUT2D eigenvalue weighted by Crippen LogP contribution is 2.66. The van der Waals surface area contributed by atoms with Crippen LogP contribution >= 0.6 is 11.6 Å². The van der Waals surface area contributed by atoms with Crippen LogP contribution in [0.15, 0.2) is 48.5 Å². The van der Waals surface area contributed by atoms with E-state index in [1.807, 2.05) is 0 Å². The van der Waals surface area contributed by atoms with E-state index >= 15 is 0 Å². The van der Waals surface area contributed by atoms with Crippen LogP contribution in [0.5, 0.6) is 5.75 Å². The summed E-state index contributed by atoms with van der Waals surface area (Å²) in [6.45, 7) is 4.79. The van der Waals surface area contributed by atoms with E-state index in [2.05, 4.69) is 67.7 Å². The molecule has 166 valence electrons. The predicted molar refractivity (Wildman–Crippen MR) is 129 cm³/mol. The van der Waals surface area contributed by atoms with Crippen LogP contribution in [-0.4, -0.2) is 19.2 Å². The Morgan fingerprint density at radius 2 is 1.68 bits per heavy atom. The summed E-state index contributed by atoms with van der Waals surface area (Å²) in [5.41, 5.74) is 3.60. The number of para-hydroxylation sites is 1. The number of methoxy groups -OCH3 is 1. The number of hydrogen-bond acceptors (Lipinski definition) is 2. The minimum Gasteiger partial charge on any atom is -0.496 e. The fourth-order valence-electron chi connectivity index (χ4n) is 7.85. The first-order valence-electron chi connectivity index (χ1n) is 12.1. The Hall–Kier alpha value is -1.51. The minimum atomic E-state index is 0.358. The van der Waals surface area contributed by atoms with Gasteiger partial charge in [-0.1, -0.05) is 41.9 Å². The van der Waals surface area contributed by atoms with Gasteiger partial charge in [-0.25, -0.2) is 0 Å². The summed E-state index contributed by atoms with van der Waals surface area (Å²) in [5, 5.41) is 4.89. The van der Waals surface area contributed by atoms with Crippen LogP contribution in [0.2, 0.25) is 5.02 Å². The molecule has 0 aliphatic heterocycles. The molecule has 1 N–H and O–H groups in total. The fraction of sp³-hybridized carbons (Fsp3) is 0.571. The summed E-state index contributed by atoms with van der Waals surface area (Å²) in [7, 11) is 1.77. The van der Waals surface area contributed by atoms with Crippen molar-refractivity contribution in [3.63, 3.8) is 0 Å². The molecule has 4 unspecified atom stereocenters. The number of nitrogens with one attached hydrogen (secondary N) is 1. The average molecular weight is 438 g/mol. The quantitative estimate of drug-likeness (QED) is 0.514. The zero-order valence-electron chi connectivity index (χ0n) is 19.2. The number of benzene rings is 2. The Labute approximate surface area is 192 Å². The van der Waals surface area contributed by atoms with Crippen molar-refractivity contribution in [2.45, 2.75) is 76.3 Å². The van der Waals surface area contributed by atoms with Gasteiger partial charge in [-0.15, -0.1) is 0 Å². The van der Waals surface area contributed by atoms with E-state index in [0.717, 1.165) is 29.0 Å². The van der Waals surface area contributed by atoms with E-state index in [1.54, 1.807) is 7.11 Å². The first-order chi connectivity index (χ1) is 14.9. The summed E-state index contributed by atoms with van der Waals surface area (Å²) in [4.78, 5) is 0. The van der Waals surface area contributed by atoms with Gasteiger partial charge in [0.15, 0.2) is 0 Å².